The van der Waals surface area contributed by atoms with E-state index in [0.29, 0.717) is 30.8 Å². The summed E-state index contributed by atoms with van der Waals surface area (Å²) in [5.74, 6) is -1.00. The molecule has 2 aliphatic heterocycles. The number of nitrogens with one attached hydrogen (secondary N) is 1. The van der Waals surface area contributed by atoms with Gasteiger partial charge in [0.25, 0.3) is 5.91 Å². The van der Waals surface area contributed by atoms with Crippen molar-refractivity contribution >= 4 is 17.7 Å². The van der Waals surface area contributed by atoms with Crippen LogP contribution in [0.25, 0.3) is 0 Å². The summed E-state index contributed by atoms with van der Waals surface area (Å²) in [6.07, 6.45) is 0.223. The normalized spacial score (nSPS) is 21.0. The van der Waals surface area contributed by atoms with Crippen LogP contribution in [0.5, 0.6) is 0 Å². The molecule has 0 radical (unpaired) electrons. The lowest BCUT2D eigenvalue weighted by molar-refractivity contribution is -0.132. The number of aryl methyl sites for hydroxylation is 1. The van der Waals surface area contributed by atoms with Crippen LogP contribution in [-0.4, -0.2) is 60.2 Å². The van der Waals surface area contributed by atoms with Gasteiger partial charge in [0.1, 0.15) is 5.82 Å². The minimum atomic E-state index is -0.367. The Labute approximate surface area is 139 Å². The van der Waals surface area contributed by atoms with E-state index in [9.17, 15) is 18.8 Å². The molecule has 1 N–H and O–H groups in total. The minimum absolute atomic E-state index is 0.0429. The van der Waals surface area contributed by atoms with Crippen LogP contribution in [0.15, 0.2) is 18.2 Å². The van der Waals surface area contributed by atoms with E-state index in [1.54, 1.807) is 23.8 Å². The standard InChI is InChI=1S/C17H20FN3O3/c1-10-5-12(18)3-4-14(10)17(24)20-8-13(9-20)21-7-11(6-15(21)22)16(23)19-2/h3-5,11,13H,6-9H2,1-2H3,(H,19,23). The van der Waals surface area contributed by atoms with E-state index < -0.39 is 0 Å². The summed E-state index contributed by atoms with van der Waals surface area (Å²) in [7, 11) is 1.56. The van der Waals surface area contributed by atoms with E-state index >= 15 is 0 Å². The molecule has 1 aromatic rings. The molecule has 2 aliphatic rings. The second-order valence-electron chi connectivity index (χ2n) is 6.38. The average molecular weight is 333 g/mol. The highest BCUT2D eigenvalue weighted by Gasteiger charge is 2.43. The summed E-state index contributed by atoms with van der Waals surface area (Å²) in [6.45, 7) is 3.00. The second kappa shape index (κ2) is 6.22. The molecule has 6 nitrogen and oxygen atoms in total. The van der Waals surface area contributed by atoms with Gasteiger partial charge in [0.2, 0.25) is 11.8 Å². The van der Waals surface area contributed by atoms with Gasteiger partial charge in [-0.3, -0.25) is 14.4 Å². The lowest BCUT2D eigenvalue weighted by Gasteiger charge is -2.44. The molecule has 1 atom stereocenters. The van der Waals surface area contributed by atoms with Crippen molar-refractivity contribution in [1.29, 1.82) is 0 Å². The van der Waals surface area contributed by atoms with Gasteiger partial charge < -0.3 is 15.1 Å². The summed E-state index contributed by atoms with van der Waals surface area (Å²) in [5.41, 5.74) is 1.08. The van der Waals surface area contributed by atoms with Gasteiger partial charge >= 0.3 is 0 Å². The molecular formula is C17H20FN3O3. The predicted octanol–water partition coefficient (Wildman–Crippen LogP) is 0.553. The van der Waals surface area contributed by atoms with Crippen LogP contribution in [0, 0.1) is 18.7 Å². The predicted molar refractivity (Wildman–Crippen MR) is 84.7 cm³/mol. The monoisotopic (exact) mass is 333 g/mol. The van der Waals surface area contributed by atoms with Gasteiger partial charge in [0.15, 0.2) is 0 Å². The highest BCUT2D eigenvalue weighted by atomic mass is 19.1. The summed E-state index contributed by atoms with van der Waals surface area (Å²) < 4.78 is 13.1. The number of carbonyl (C=O) groups is 3. The van der Waals surface area contributed by atoms with Crippen LogP contribution in [0.4, 0.5) is 4.39 Å². The van der Waals surface area contributed by atoms with E-state index in [2.05, 4.69) is 5.32 Å². The zero-order valence-corrected chi connectivity index (χ0v) is 13.7. The summed E-state index contributed by atoms with van der Waals surface area (Å²) in [6, 6.07) is 4.05. The Hall–Kier alpha value is -2.44. The maximum absolute atomic E-state index is 13.1. The first-order valence-corrected chi connectivity index (χ1v) is 7.97. The van der Waals surface area contributed by atoms with E-state index in [1.807, 2.05) is 0 Å². The average Bonchev–Trinajstić information content (AvgIpc) is 2.86. The van der Waals surface area contributed by atoms with Crippen LogP contribution in [0.3, 0.4) is 0 Å². The number of halogens is 1. The highest BCUT2D eigenvalue weighted by Crippen LogP contribution is 2.26. The lowest BCUT2D eigenvalue weighted by atomic mass is 10.0. The third-order valence-corrected chi connectivity index (χ3v) is 4.78. The van der Waals surface area contributed by atoms with Gasteiger partial charge in [0.05, 0.1) is 12.0 Å². The summed E-state index contributed by atoms with van der Waals surface area (Å²) in [5, 5.41) is 2.57. The number of likely N-dealkylation sites (tertiary alicyclic amines) is 2. The SMILES string of the molecule is CNC(=O)C1CC(=O)N(C2CN(C(=O)c3ccc(F)cc3C)C2)C1. The Morgan fingerprint density at radius 1 is 1.25 bits per heavy atom. The largest absolute Gasteiger partial charge is 0.359 e. The number of carbonyl (C=O) groups excluding carboxylic acids is 3. The molecule has 3 amide bonds. The smallest absolute Gasteiger partial charge is 0.254 e. The van der Waals surface area contributed by atoms with Crippen LogP contribution < -0.4 is 5.32 Å². The number of amides is 3. The Bertz CT molecular complexity index is 700. The molecule has 0 aromatic heterocycles. The third-order valence-electron chi connectivity index (χ3n) is 4.78. The first-order chi connectivity index (χ1) is 11.4. The molecule has 3 rings (SSSR count). The molecule has 24 heavy (non-hydrogen) atoms. The van der Waals surface area contributed by atoms with Crippen LogP contribution in [0.2, 0.25) is 0 Å². The third kappa shape index (κ3) is 2.86. The maximum atomic E-state index is 13.1. The van der Waals surface area contributed by atoms with Crippen molar-refractivity contribution in [2.75, 3.05) is 26.7 Å². The van der Waals surface area contributed by atoms with E-state index in [4.69, 9.17) is 0 Å². The second-order valence-corrected chi connectivity index (χ2v) is 6.38. The van der Waals surface area contributed by atoms with Crippen molar-refractivity contribution in [2.24, 2.45) is 5.92 Å². The fraction of sp³-hybridized carbons (Fsp3) is 0.471. The van der Waals surface area contributed by atoms with Gasteiger partial charge in [-0.05, 0) is 30.7 Å². The first kappa shape index (κ1) is 16.4. The molecule has 128 valence electrons. The molecule has 2 heterocycles. The number of benzene rings is 1. The molecule has 2 saturated heterocycles. The lowest BCUT2D eigenvalue weighted by Crippen LogP contribution is -2.61. The maximum Gasteiger partial charge on any atom is 0.254 e. The minimum Gasteiger partial charge on any atom is -0.359 e. The molecular weight excluding hydrogens is 313 g/mol. The van der Waals surface area contributed by atoms with Crippen molar-refractivity contribution < 1.29 is 18.8 Å². The van der Waals surface area contributed by atoms with E-state index in [1.165, 1.54) is 18.2 Å². The Morgan fingerprint density at radius 3 is 2.58 bits per heavy atom. The van der Waals surface area contributed by atoms with E-state index in [0.717, 1.165) is 0 Å². The van der Waals surface area contributed by atoms with Crippen molar-refractivity contribution in [1.82, 2.24) is 15.1 Å². The fourth-order valence-corrected chi connectivity index (χ4v) is 3.32. The Balaban J connectivity index is 1.60. The van der Waals surface area contributed by atoms with Crippen LogP contribution in [0.1, 0.15) is 22.3 Å². The topological polar surface area (TPSA) is 69.7 Å². The molecule has 0 aliphatic carbocycles. The molecule has 0 bridgehead atoms. The first-order valence-electron chi connectivity index (χ1n) is 7.97. The quantitative estimate of drug-likeness (QED) is 0.878. The molecule has 2 fully saturated rings. The number of rotatable bonds is 3. The number of hydrogen-bond donors (Lipinski definition) is 1. The molecule has 7 heteroatoms. The molecule has 0 spiro atoms. The summed E-state index contributed by atoms with van der Waals surface area (Å²) >= 11 is 0. The van der Waals surface area contributed by atoms with Gasteiger partial charge in [-0.1, -0.05) is 0 Å². The Morgan fingerprint density at radius 2 is 1.96 bits per heavy atom. The highest BCUT2D eigenvalue weighted by molar-refractivity contribution is 5.96. The van der Waals surface area contributed by atoms with Gasteiger partial charge in [-0.2, -0.15) is 0 Å². The van der Waals surface area contributed by atoms with Crippen LogP contribution in [-0.2, 0) is 9.59 Å². The molecule has 1 aromatic carbocycles. The number of nitrogens with zero attached hydrogens (tertiary/aromatic N) is 2. The van der Waals surface area contributed by atoms with Crippen molar-refractivity contribution in [2.45, 2.75) is 19.4 Å². The van der Waals surface area contributed by atoms with Crippen molar-refractivity contribution in [3.8, 4) is 0 Å². The molecule has 1 unspecified atom stereocenters. The zero-order valence-electron chi connectivity index (χ0n) is 13.7. The van der Waals surface area contributed by atoms with Gasteiger partial charge in [0, 0.05) is 38.7 Å². The fourth-order valence-electron chi connectivity index (χ4n) is 3.32. The van der Waals surface area contributed by atoms with Gasteiger partial charge in [-0.15, -0.1) is 0 Å². The van der Waals surface area contributed by atoms with Crippen LogP contribution >= 0.6 is 0 Å². The van der Waals surface area contributed by atoms with E-state index in [-0.39, 0.29) is 41.9 Å². The van der Waals surface area contributed by atoms with Gasteiger partial charge in [-0.25, -0.2) is 4.39 Å². The molecule has 0 saturated carbocycles. The van der Waals surface area contributed by atoms with Crippen molar-refractivity contribution in [3.63, 3.8) is 0 Å². The summed E-state index contributed by atoms with van der Waals surface area (Å²) in [4.78, 5) is 39.5. The zero-order chi connectivity index (χ0) is 17.4. The Kier molecular flexibility index (Phi) is 4.26. The van der Waals surface area contributed by atoms with Crippen molar-refractivity contribution in [3.05, 3.63) is 35.1 Å². The number of hydrogen-bond acceptors (Lipinski definition) is 3.